The van der Waals surface area contributed by atoms with Gasteiger partial charge in [-0.3, -0.25) is 0 Å². The van der Waals surface area contributed by atoms with Crippen molar-refractivity contribution < 1.29 is 0 Å². The Hall–Kier alpha value is -1.23. The highest BCUT2D eigenvalue weighted by atomic mass is 32.1. The van der Waals surface area contributed by atoms with E-state index in [1.807, 2.05) is 13.8 Å². The van der Waals surface area contributed by atoms with E-state index < -0.39 is 0 Å². The maximum atomic E-state index is 5.81. The number of rotatable bonds is 9. The molecular formula is C16H28N4S. The van der Waals surface area contributed by atoms with E-state index in [1.54, 1.807) is 0 Å². The molecule has 0 aliphatic heterocycles. The molecule has 0 radical (unpaired) electrons. The topological polar surface area (TPSA) is 63.8 Å². The number of hydrogen-bond acceptors (Lipinski definition) is 4. The molecule has 0 aliphatic carbocycles. The summed E-state index contributed by atoms with van der Waals surface area (Å²) in [5.41, 5.74) is 8.52. The second-order valence-electron chi connectivity index (χ2n) is 6.02. The minimum Gasteiger partial charge on any atom is -0.389 e. The van der Waals surface area contributed by atoms with Crippen molar-refractivity contribution in [1.29, 1.82) is 0 Å². The molecule has 1 rings (SSSR count). The van der Waals surface area contributed by atoms with E-state index in [2.05, 4.69) is 29.4 Å². The lowest BCUT2D eigenvalue weighted by Gasteiger charge is -2.13. The molecule has 1 heterocycles. The number of unbranched alkanes of at least 4 members (excludes halogenated alkanes) is 3. The lowest BCUT2D eigenvalue weighted by molar-refractivity contribution is 0.523. The zero-order chi connectivity index (χ0) is 15.8. The number of anilines is 1. The second-order valence-corrected chi connectivity index (χ2v) is 6.46. The highest BCUT2D eigenvalue weighted by Crippen LogP contribution is 2.18. The van der Waals surface area contributed by atoms with E-state index in [1.165, 1.54) is 25.7 Å². The quantitative estimate of drug-likeness (QED) is 0.537. The fourth-order valence-electron chi connectivity index (χ4n) is 2.27. The molecule has 0 aliphatic rings. The van der Waals surface area contributed by atoms with E-state index in [0.717, 1.165) is 35.7 Å². The van der Waals surface area contributed by atoms with Crippen LogP contribution in [0.3, 0.4) is 0 Å². The third-order valence-corrected chi connectivity index (χ3v) is 3.91. The maximum Gasteiger partial charge on any atom is 0.159 e. The standard InChI is InChI=1S/C16H28N4S/c1-11(2)9-7-5-6-8-10-18-16-14(15(17)21)12(3)13(4)19-20-16/h11H,5-10H2,1-4H3,(H2,17,21)(H,18,20). The fourth-order valence-corrected chi connectivity index (χ4v) is 2.52. The van der Waals surface area contributed by atoms with E-state index in [-0.39, 0.29) is 0 Å². The summed E-state index contributed by atoms with van der Waals surface area (Å²) in [4.78, 5) is 0.380. The molecule has 4 nitrogen and oxygen atoms in total. The number of nitrogens with two attached hydrogens (primary N) is 1. The van der Waals surface area contributed by atoms with Gasteiger partial charge in [0.25, 0.3) is 0 Å². The fraction of sp³-hybridized carbons (Fsp3) is 0.688. The molecule has 3 N–H and O–H groups in total. The first kappa shape index (κ1) is 17.8. The minimum atomic E-state index is 0.380. The number of aryl methyl sites for hydroxylation is 1. The van der Waals surface area contributed by atoms with Crippen molar-refractivity contribution in [2.45, 2.75) is 59.8 Å². The van der Waals surface area contributed by atoms with Gasteiger partial charge in [0, 0.05) is 6.54 Å². The third kappa shape index (κ3) is 5.96. The SMILES string of the molecule is Cc1nnc(NCCCCCCC(C)C)c(C(N)=S)c1C. The molecule has 0 spiro atoms. The van der Waals surface area contributed by atoms with Crippen LogP contribution in [0.1, 0.15) is 62.8 Å². The Morgan fingerprint density at radius 1 is 1.14 bits per heavy atom. The van der Waals surface area contributed by atoms with Crippen molar-refractivity contribution in [2.24, 2.45) is 11.7 Å². The first-order chi connectivity index (χ1) is 9.93. The lowest BCUT2D eigenvalue weighted by atomic mass is 10.0. The summed E-state index contributed by atoms with van der Waals surface area (Å²) in [7, 11) is 0. The van der Waals surface area contributed by atoms with Gasteiger partial charge in [-0.2, -0.15) is 5.10 Å². The first-order valence-corrected chi connectivity index (χ1v) is 8.21. The van der Waals surface area contributed by atoms with Crippen LogP contribution in [-0.4, -0.2) is 21.7 Å². The predicted octanol–water partition coefficient (Wildman–Crippen LogP) is 3.75. The van der Waals surface area contributed by atoms with Gasteiger partial charge in [0.05, 0.1) is 11.3 Å². The zero-order valence-corrected chi connectivity index (χ0v) is 14.5. The van der Waals surface area contributed by atoms with Gasteiger partial charge < -0.3 is 11.1 Å². The molecule has 0 unspecified atom stereocenters. The Kier molecular flexibility index (Phi) is 7.57. The number of nitrogens with one attached hydrogen (secondary N) is 1. The molecule has 1 aromatic heterocycles. The molecule has 0 saturated carbocycles. The van der Waals surface area contributed by atoms with Crippen LogP contribution in [-0.2, 0) is 0 Å². The van der Waals surface area contributed by atoms with Gasteiger partial charge in [-0.25, -0.2) is 0 Å². The molecule has 0 saturated heterocycles. The molecule has 0 fully saturated rings. The first-order valence-electron chi connectivity index (χ1n) is 7.81. The van der Waals surface area contributed by atoms with Crippen molar-refractivity contribution in [3.63, 3.8) is 0 Å². The zero-order valence-electron chi connectivity index (χ0n) is 13.7. The average Bonchev–Trinajstić information content (AvgIpc) is 2.40. The van der Waals surface area contributed by atoms with Gasteiger partial charge in [-0.1, -0.05) is 51.7 Å². The number of thiocarbonyl (C=S) groups is 1. The van der Waals surface area contributed by atoms with Gasteiger partial charge >= 0.3 is 0 Å². The number of aromatic nitrogens is 2. The van der Waals surface area contributed by atoms with E-state index in [9.17, 15) is 0 Å². The third-order valence-electron chi connectivity index (χ3n) is 3.70. The average molecular weight is 308 g/mol. The number of nitrogens with zero attached hydrogens (tertiary/aromatic N) is 2. The Labute approximate surface area is 133 Å². The van der Waals surface area contributed by atoms with Crippen LogP contribution in [0.25, 0.3) is 0 Å². The van der Waals surface area contributed by atoms with Gasteiger partial charge in [0.1, 0.15) is 4.99 Å². The van der Waals surface area contributed by atoms with Crippen LogP contribution < -0.4 is 11.1 Å². The van der Waals surface area contributed by atoms with Crippen LogP contribution in [0.5, 0.6) is 0 Å². The van der Waals surface area contributed by atoms with Crippen LogP contribution >= 0.6 is 12.2 Å². The molecule has 0 amide bonds. The Balaban J connectivity index is 2.42. The van der Waals surface area contributed by atoms with Crippen molar-refractivity contribution in [3.05, 3.63) is 16.8 Å². The summed E-state index contributed by atoms with van der Waals surface area (Å²) in [6.45, 7) is 9.33. The molecule has 21 heavy (non-hydrogen) atoms. The molecular weight excluding hydrogens is 280 g/mol. The monoisotopic (exact) mass is 308 g/mol. The Morgan fingerprint density at radius 3 is 2.43 bits per heavy atom. The van der Waals surface area contributed by atoms with Crippen molar-refractivity contribution in [2.75, 3.05) is 11.9 Å². The van der Waals surface area contributed by atoms with E-state index >= 15 is 0 Å². The summed E-state index contributed by atoms with van der Waals surface area (Å²) in [6.07, 6.45) is 6.30. The maximum absolute atomic E-state index is 5.81. The van der Waals surface area contributed by atoms with Gasteiger partial charge in [-0.05, 0) is 31.7 Å². The highest BCUT2D eigenvalue weighted by molar-refractivity contribution is 7.80. The number of hydrogen-bond donors (Lipinski definition) is 2. The van der Waals surface area contributed by atoms with Crippen LogP contribution in [0.2, 0.25) is 0 Å². The highest BCUT2D eigenvalue weighted by Gasteiger charge is 2.12. The Morgan fingerprint density at radius 2 is 1.81 bits per heavy atom. The van der Waals surface area contributed by atoms with Crippen LogP contribution in [0.4, 0.5) is 5.82 Å². The van der Waals surface area contributed by atoms with Gasteiger partial charge in [0.2, 0.25) is 0 Å². The summed E-state index contributed by atoms with van der Waals surface area (Å²) < 4.78 is 0. The minimum absolute atomic E-state index is 0.380. The molecule has 1 aromatic rings. The van der Waals surface area contributed by atoms with E-state index in [0.29, 0.717) is 10.8 Å². The Bertz CT molecular complexity index is 472. The van der Waals surface area contributed by atoms with Crippen LogP contribution in [0, 0.1) is 19.8 Å². The van der Waals surface area contributed by atoms with Gasteiger partial charge in [0.15, 0.2) is 5.82 Å². The van der Waals surface area contributed by atoms with Crippen molar-refractivity contribution in [1.82, 2.24) is 10.2 Å². The molecule has 0 aromatic carbocycles. The molecule has 0 bridgehead atoms. The summed E-state index contributed by atoms with van der Waals surface area (Å²) in [6, 6.07) is 0. The predicted molar refractivity (Wildman–Crippen MR) is 93.8 cm³/mol. The van der Waals surface area contributed by atoms with E-state index in [4.69, 9.17) is 18.0 Å². The largest absolute Gasteiger partial charge is 0.389 e. The molecule has 5 heteroatoms. The van der Waals surface area contributed by atoms with Crippen LogP contribution in [0.15, 0.2) is 0 Å². The van der Waals surface area contributed by atoms with Crippen molar-refractivity contribution >= 4 is 23.0 Å². The normalized spacial score (nSPS) is 10.9. The second kappa shape index (κ2) is 8.93. The lowest BCUT2D eigenvalue weighted by Crippen LogP contribution is -2.18. The summed E-state index contributed by atoms with van der Waals surface area (Å²) >= 11 is 5.13. The summed E-state index contributed by atoms with van der Waals surface area (Å²) in [5.74, 6) is 1.52. The van der Waals surface area contributed by atoms with Crippen molar-refractivity contribution in [3.8, 4) is 0 Å². The molecule has 118 valence electrons. The molecule has 0 atom stereocenters. The smallest absolute Gasteiger partial charge is 0.159 e. The summed E-state index contributed by atoms with van der Waals surface area (Å²) in [5, 5.41) is 11.7. The van der Waals surface area contributed by atoms with Gasteiger partial charge in [-0.15, -0.1) is 5.10 Å².